The molecule has 2 rings (SSSR count). The molecule has 1 aliphatic heterocycles. The zero-order valence-electron chi connectivity index (χ0n) is 8.90. The molecular formula is C10H13BrN2O2S. The highest BCUT2D eigenvalue weighted by molar-refractivity contribution is 9.10. The van der Waals surface area contributed by atoms with E-state index in [2.05, 4.69) is 20.7 Å². The Morgan fingerprint density at radius 3 is 2.88 bits per heavy atom. The topological polar surface area (TPSA) is 49.4 Å². The van der Waals surface area contributed by atoms with E-state index in [0.29, 0.717) is 12.2 Å². The number of nitrogens with one attached hydrogen (secondary N) is 1. The normalized spacial score (nSPS) is 17.0. The second-order valence-electron chi connectivity index (χ2n) is 3.69. The fourth-order valence-corrected chi connectivity index (χ4v) is 3.37. The van der Waals surface area contributed by atoms with Crippen molar-refractivity contribution < 1.29 is 8.42 Å². The van der Waals surface area contributed by atoms with E-state index in [0.717, 1.165) is 23.0 Å². The van der Waals surface area contributed by atoms with Crippen LogP contribution in [0, 0.1) is 0 Å². The van der Waals surface area contributed by atoms with Gasteiger partial charge in [0.2, 0.25) is 0 Å². The first-order chi connectivity index (χ1) is 7.54. The van der Waals surface area contributed by atoms with Gasteiger partial charge < -0.3 is 0 Å². The van der Waals surface area contributed by atoms with Crippen molar-refractivity contribution in [3.8, 4) is 0 Å². The third-order valence-corrected chi connectivity index (χ3v) is 4.40. The Kier molecular flexibility index (Phi) is 3.12. The molecule has 1 heterocycles. The summed E-state index contributed by atoms with van der Waals surface area (Å²) in [7, 11) is -3.37. The number of benzene rings is 1. The van der Waals surface area contributed by atoms with Gasteiger partial charge in [-0.3, -0.25) is 9.03 Å². The molecule has 6 heteroatoms. The molecule has 1 aromatic rings. The summed E-state index contributed by atoms with van der Waals surface area (Å²) in [5, 5.41) is 0. The second-order valence-corrected chi connectivity index (χ2v) is 6.20. The van der Waals surface area contributed by atoms with Crippen molar-refractivity contribution in [1.82, 2.24) is 0 Å². The number of hydrogen-bond donors (Lipinski definition) is 1. The van der Waals surface area contributed by atoms with Gasteiger partial charge in [0.25, 0.3) is 0 Å². The average molecular weight is 305 g/mol. The molecule has 4 nitrogen and oxygen atoms in total. The lowest BCUT2D eigenvalue weighted by atomic mass is 10.2. The van der Waals surface area contributed by atoms with Crippen LogP contribution in [0.5, 0.6) is 0 Å². The van der Waals surface area contributed by atoms with Crippen LogP contribution in [0.4, 0.5) is 11.4 Å². The molecule has 0 aromatic heterocycles. The van der Waals surface area contributed by atoms with Gasteiger partial charge in [-0.1, -0.05) is 29.3 Å². The van der Waals surface area contributed by atoms with Gasteiger partial charge in [0, 0.05) is 11.0 Å². The van der Waals surface area contributed by atoms with Gasteiger partial charge in [0.1, 0.15) is 0 Å². The molecule has 0 saturated carbocycles. The zero-order chi connectivity index (χ0) is 11.8. The van der Waals surface area contributed by atoms with Crippen LogP contribution in [0.3, 0.4) is 0 Å². The maximum absolute atomic E-state index is 11.8. The Morgan fingerprint density at radius 2 is 2.19 bits per heavy atom. The zero-order valence-corrected chi connectivity index (χ0v) is 11.3. The summed E-state index contributed by atoms with van der Waals surface area (Å²) >= 11 is 3.32. The van der Waals surface area contributed by atoms with Crippen LogP contribution in [-0.4, -0.2) is 15.0 Å². The van der Waals surface area contributed by atoms with Crippen LogP contribution >= 0.6 is 15.9 Å². The van der Waals surface area contributed by atoms with Crippen molar-refractivity contribution in [3.05, 3.63) is 22.7 Å². The van der Waals surface area contributed by atoms with Gasteiger partial charge in [-0.05, 0) is 24.6 Å². The summed E-state index contributed by atoms with van der Waals surface area (Å²) in [6.07, 6.45) is 1.83. The average Bonchev–Trinajstić information content (AvgIpc) is 2.44. The smallest absolute Gasteiger partial charge is 0.264 e. The van der Waals surface area contributed by atoms with Crippen molar-refractivity contribution in [2.45, 2.75) is 19.8 Å². The van der Waals surface area contributed by atoms with Gasteiger partial charge in [0.05, 0.1) is 11.4 Å². The van der Waals surface area contributed by atoms with E-state index in [-0.39, 0.29) is 0 Å². The Balaban J connectivity index is 2.38. The minimum absolute atomic E-state index is 0.528. The van der Waals surface area contributed by atoms with E-state index >= 15 is 0 Å². The molecule has 0 atom stereocenters. The highest BCUT2D eigenvalue weighted by atomic mass is 79.9. The first-order valence-corrected chi connectivity index (χ1v) is 7.38. The van der Waals surface area contributed by atoms with Crippen molar-refractivity contribution in [2.24, 2.45) is 0 Å². The van der Waals surface area contributed by atoms with E-state index in [4.69, 9.17) is 0 Å². The minimum Gasteiger partial charge on any atom is -0.264 e. The molecule has 0 saturated heterocycles. The van der Waals surface area contributed by atoms with Gasteiger partial charge >= 0.3 is 10.2 Å². The maximum atomic E-state index is 11.8. The van der Waals surface area contributed by atoms with Gasteiger partial charge in [0.15, 0.2) is 0 Å². The standard InChI is InChI=1S/C10H13BrN2O2S/c1-2-3-6-13-10-5-4-8(11)7-9(10)12-16(13,14)15/h4-5,7,12H,2-3,6H2,1H3. The Morgan fingerprint density at radius 1 is 1.44 bits per heavy atom. The molecule has 0 aliphatic carbocycles. The third kappa shape index (κ3) is 2.04. The van der Waals surface area contributed by atoms with Crippen molar-refractivity contribution >= 4 is 37.5 Å². The predicted octanol–water partition coefficient (Wildman–Crippen LogP) is 2.73. The molecular weight excluding hydrogens is 292 g/mol. The lowest BCUT2D eigenvalue weighted by Crippen LogP contribution is -2.30. The van der Waals surface area contributed by atoms with E-state index in [9.17, 15) is 8.42 Å². The molecule has 0 fully saturated rings. The van der Waals surface area contributed by atoms with Gasteiger partial charge in [-0.25, -0.2) is 0 Å². The molecule has 1 aromatic carbocycles. The summed E-state index contributed by atoms with van der Waals surface area (Å²) in [5.41, 5.74) is 1.38. The molecule has 88 valence electrons. The van der Waals surface area contributed by atoms with Crippen LogP contribution in [-0.2, 0) is 10.2 Å². The molecule has 0 bridgehead atoms. The van der Waals surface area contributed by atoms with Crippen molar-refractivity contribution in [2.75, 3.05) is 15.6 Å². The first-order valence-electron chi connectivity index (χ1n) is 5.14. The van der Waals surface area contributed by atoms with E-state index in [1.807, 2.05) is 19.1 Å². The fraction of sp³-hybridized carbons (Fsp3) is 0.400. The summed E-state index contributed by atoms with van der Waals surface area (Å²) in [6.45, 7) is 2.57. The molecule has 1 N–H and O–H groups in total. The number of halogens is 1. The highest BCUT2D eigenvalue weighted by Gasteiger charge is 2.31. The van der Waals surface area contributed by atoms with Crippen LogP contribution < -0.4 is 9.03 Å². The maximum Gasteiger partial charge on any atom is 0.324 e. The summed E-state index contributed by atoms with van der Waals surface area (Å²) in [5.74, 6) is 0. The molecule has 0 radical (unpaired) electrons. The van der Waals surface area contributed by atoms with Crippen LogP contribution in [0.2, 0.25) is 0 Å². The van der Waals surface area contributed by atoms with E-state index < -0.39 is 10.2 Å². The molecule has 0 spiro atoms. The van der Waals surface area contributed by atoms with Crippen LogP contribution in [0.1, 0.15) is 19.8 Å². The Labute approximate surface area is 104 Å². The summed E-state index contributed by atoms with van der Waals surface area (Å²) < 4.78 is 28.5. The molecule has 0 amide bonds. The number of fused-ring (bicyclic) bond motifs is 1. The fourth-order valence-electron chi connectivity index (χ4n) is 1.67. The first kappa shape index (κ1) is 11.7. The molecule has 0 unspecified atom stereocenters. The Bertz CT molecular complexity index is 502. The van der Waals surface area contributed by atoms with Gasteiger partial charge in [-0.2, -0.15) is 8.42 Å². The summed E-state index contributed by atoms with van der Waals surface area (Å²) in [4.78, 5) is 0. The molecule has 1 aliphatic rings. The molecule has 16 heavy (non-hydrogen) atoms. The van der Waals surface area contributed by atoms with Crippen LogP contribution in [0.15, 0.2) is 22.7 Å². The number of anilines is 2. The van der Waals surface area contributed by atoms with Crippen molar-refractivity contribution in [1.29, 1.82) is 0 Å². The number of rotatable bonds is 3. The SMILES string of the molecule is CCCCN1c2ccc(Br)cc2NS1(=O)=O. The minimum atomic E-state index is -3.37. The number of hydrogen-bond acceptors (Lipinski definition) is 2. The lowest BCUT2D eigenvalue weighted by Gasteiger charge is -2.15. The summed E-state index contributed by atoms with van der Waals surface area (Å²) in [6, 6.07) is 5.44. The lowest BCUT2D eigenvalue weighted by molar-refractivity contribution is 0.596. The second kappa shape index (κ2) is 4.25. The van der Waals surface area contributed by atoms with E-state index in [1.165, 1.54) is 4.31 Å². The van der Waals surface area contributed by atoms with Gasteiger partial charge in [-0.15, -0.1) is 0 Å². The quantitative estimate of drug-likeness (QED) is 0.933. The number of unbranched alkanes of at least 4 members (excludes halogenated alkanes) is 1. The monoisotopic (exact) mass is 304 g/mol. The highest BCUT2D eigenvalue weighted by Crippen LogP contribution is 2.37. The van der Waals surface area contributed by atoms with Crippen molar-refractivity contribution in [3.63, 3.8) is 0 Å². The Hall–Kier alpha value is -0.750. The van der Waals surface area contributed by atoms with E-state index in [1.54, 1.807) is 6.07 Å². The van der Waals surface area contributed by atoms with Crippen LogP contribution in [0.25, 0.3) is 0 Å². The number of nitrogens with zero attached hydrogens (tertiary/aromatic N) is 1. The predicted molar refractivity (Wildman–Crippen MR) is 68.9 cm³/mol. The third-order valence-electron chi connectivity index (χ3n) is 2.47. The largest absolute Gasteiger partial charge is 0.324 e.